The molecule has 1 heterocycles. The van der Waals surface area contributed by atoms with Crippen molar-refractivity contribution in [1.82, 2.24) is 0 Å². The second-order valence-corrected chi connectivity index (χ2v) is 7.04. The van der Waals surface area contributed by atoms with Crippen molar-refractivity contribution < 1.29 is 4.42 Å². The monoisotopic (exact) mass is 377 g/mol. The summed E-state index contributed by atoms with van der Waals surface area (Å²) in [5.74, 6) is 0. The van der Waals surface area contributed by atoms with Gasteiger partial charge in [-0.25, -0.2) is 4.79 Å². The molecule has 0 fully saturated rings. The van der Waals surface area contributed by atoms with Gasteiger partial charge < -0.3 is 9.32 Å². The minimum Gasteiger partial charge on any atom is -0.421 e. The van der Waals surface area contributed by atoms with Crippen molar-refractivity contribution in [2.75, 3.05) is 11.9 Å². The van der Waals surface area contributed by atoms with Gasteiger partial charge in [0.25, 0.3) is 0 Å². The van der Waals surface area contributed by atoms with Crippen LogP contribution in [-0.4, -0.2) is 7.05 Å². The van der Waals surface area contributed by atoms with E-state index in [1.54, 1.807) is 0 Å². The second kappa shape index (κ2) is 6.95. The predicted molar refractivity (Wildman–Crippen MR) is 120 cm³/mol. The van der Waals surface area contributed by atoms with E-state index in [-0.39, 0.29) is 5.63 Å². The Hall–Kier alpha value is -3.85. The van der Waals surface area contributed by atoms with Crippen LogP contribution in [0.5, 0.6) is 0 Å². The highest BCUT2D eigenvalue weighted by Crippen LogP contribution is 2.39. The van der Waals surface area contributed by atoms with Gasteiger partial charge in [-0.05, 0) is 29.1 Å². The minimum atomic E-state index is -0.335. The normalized spacial score (nSPS) is 11.1. The first kappa shape index (κ1) is 17.3. The van der Waals surface area contributed by atoms with E-state index < -0.39 is 0 Å². The van der Waals surface area contributed by atoms with E-state index >= 15 is 0 Å². The first-order valence-corrected chi connectivity index (χ1v) is 9.57. The van der Waals surface area contributed by atoms with E-state index in [0.29, 0.717) is 11.1 Å². The van der Waals surface area contributed by atoms with E-state index in [1.807, 2.05) is 98.0 Å². The highest BCUT2D eigenvalue weighted by atomic mass is 16.4. The largest absolute Gasteiger partial charge is 0.421 e. The molecule has 0 spiro atoms. The zero-order chi connectivity index (χ0) is 19.8. The molecule has 0 saturated carbocycles. The van der Waals surface area contributed by atoms with Crippen molar-refractivity contribution in [2.24, 2.45) is 0 Å². The molecule has 4 aromatic carbocycles. The van der Waals surface area contributed by atoms with Crippen LogP contribution in [0.1, 0.15) is 0 Å². The molecule has 0 radical (unpaired) electrons. The van der Waals surface area contributed by atoms with Gasteiger partial charge in [0.05, 0.1) is 11.3 Å². The van der Waals surface area contributed by atoms with Crippen molar-refractivity contribution in [3.8, 4) is 11.1 Å². The summed E-state index contributed by atoms with van der Waals surface area (Å²) < 4.78 is 5.90. The Labute approximate surface area is 168 Å². The molecule has 3 nitrogen and oxygen atoms in total. The molecule has 3 heteroatoms. The SMILES string of the molecule is CN(c1ccccc1)c1c(-c2ccccc2)c(=O)oc2c1ccc1ccccc12. The Kier molecular flexibility index (Phi) is 4.14. The fourth-order valence-electron chi connectivity index (χ4n) is 3.90. The summed E-state index contributed by atoms with van der Waals surface area (Å²) >= 11 is 0. The summed E-state index contributed by atoms with van der Waals surface area (Å²) in [4.78, 5) is 15.3. The van der Waals surface area contributed by atoms with Gasteiger partial charge in [-0.15, -0.1) is 0 Å². The maximum atomic E-state index is 13.2. The first-order valence-electron chi connectivity index (χ1n) is 9.57. The molecular weight excluding hydrogens is 358 g/mol. The summed E-state index contributed by atoms with van der Waals surface area (Å²) in [6, 6.07) is 31.9. The van der Waals surface area contributed by atoms with E-state index in [9.17, 15) is 4.79 Å². The fraction of sp³-hybridized carbons (Fsp3) is 0.0385. The minimum absolute atomic E-state index is 0.335. The lowest BCUT2D eigenvalue weighted by molar-refractivity contribution is 0.566. The van der Waals surface area contributed by atoms with E-state index in [4.69, 9.17) is 4.42 Å². The topological polar surface area (TPSA) is 33.5 Å². The van der Waals surface area contributed by atoms with Gasteiger partial charge in [0.15, 0.2) is 0 Å². The lowest BCUT2D eigenvalue weighted by atomic mass is 9.99. The van der Waals surface area contributed by atoms with Crippen molar-refractivity contribution >= 4 is 33.1 Å². The van der Waals surface area contributed by atoms with E-state index in [0.717, 1.165) is 33.1 Å². The van der Waals surface area contributed by atoms with Crippen molar-refractivity contribution in [3.63, 3.8) is 0 Å². The zero-order valence-electron chi connectivity index (χ0n) is 16.0. The molecule has 0 aliphatic heterocycles. The van der Waals surface area contributed by atoms with Crippen molar-refractivity contribution in [1.29, 1.82) is 0 Å². The molecule has 0 amide bonds. The van der Waals surface area contributed by atoms with Crippen LogP contribution in [0.3, 0.4) is 0 Å². The molecule has 5 aromatic rings. The lowest BCUT2D eigenvalue weighted by Crippen LogP contribution is -2.16. The van der Waals surface area contributed by atoms with Crippen LogP contribution in [0.25, 0.3) is 32.9 Å². The number of benzene rings is 4. The van der Waals surface area contributed by atoms with E-state index in [2.05, 4.69) is 11.0 Å². The summed E-state index contributed by atoms with van der Waals surface area (Å²) in [5, 5.41) is 2.89. The number of hydrogen-bond donors (Lipinski definition) is 0. The van der Waals surface area contributed by atoms with Gasteiger partial charge in [-0.1, -0.05) is 78.9 Å². The zero-order valence-corrected chi connectivity index (χ0v) is 16.0. The number of nitrogens with zero attached hydrogens (tertiary/aromatic N) is 1. The van der Waals surface area contributed by atoms with Crippen LogP contribution in [0.2, 0.25) is 0 Å². The molecule has 0 aliphatic rings. The van der Waals surface area contributed by atoms with Gasteiger partial charge >= 0.3 is 5.63 Å². The van der Waals surface area contributed by atoms with E-state index in [1.165, 1.54) is 0 Å². The molecular formula is C26H19NO2. The Morgan fingerprint density at radius 1 is 0.690 bits per heavy atom. The van der Waals surface area contributed by atoms with Crippen LogP contribution in [0.15, 0.2) is 106 Å². The van der Waals surface area contributed by atoms with Gasteiger partial charge in [-0.2, -0.15) is 0 Å². The molecule has 0 N–H and O–H groups in total. The third-order valence-corrected chi connectivity index (χ3v) is 5.31. The predicted octanol–water partition coefficient (Wildman–Crippen LogP) is 6.38. The average molecular weight is 377 g/mol. The summed E-state index contributed by atoms with van der Waals surface area (Å²) in [6.07, 6.45) is 0. The summed E-state index contributed by atoms with van der Waals surface area (Å²) in [7, 11) is 1.99. The quantitative estimate of drug-likeness (QED) is 0.270. The number of hydrogen-bond acceptors (Lipinski definition) is 3. The number of fused-ring (bicyclic) bond motifs is 3. The highest BCUT2D eigenvalue weighted by Gasteiger charge is 2.21. The number of anilines is 2. The number of para-hydroxylation sites is 1. The molecule has 5 rings (SSSR count). The first-order chi connectivity index (χ1) is 14.2. The standard InChI is InChI=1S/C26H19NO2/c1-27(20-13-6-3-7-14-20)24-22-17-16-18-10-8-9-15-21(18)25(22)29-26(28)23(24)19-11-4-2-5-12-19/h2-17H,1H3. The highest BCUT2D eigenvalue weighted by molar-refractivity contribution is 6.11. The number of rotatable bonds is 3. The van der Waals surface area contributed by atoms with Crippen molar-refractivity contribution in [3.05, 3.63) is 107 Å². The van der Waals surface area contributed by atoms with Crippen LogP contribution < -0.4 is 10.5 Å². The fourth-order valence-corrected chi connectivity index (χ4v) is 3.90. The Bertz CT molecular complexity index is 1370. The average Bonchev–Trinajstić information content (AvgIpc) is 2.79. The summed E-state index contributed by atoms with van der Waals surface area (Å²) in [5.41, 5.74) is 3.54. The van der Waals surface area contributed by atoms with Crippen LogP contribution in [0, 0.1) is 0 Å². The molecule has 0 bridgehead atoms. The lowest BCUT2D eigenvalue weighted by Gasteiger charge is -2.24. The second-order valence-electron chi connectivity index (χ2n) is 7.04. The van der Waals surface area contributed by atoms with Crippen LogP contribution in [0.4, 0.5) is 11.4 Å². The molecule has 0 aliphatic carbocycles. The third-order valence-electron chi connectivity index (χ3n) is 5.31. The Balaban J connectivity index is 1.92. The molecule has 1 aromatic heterocycles. The smallest absolute Gasteiger partial charge is 0.346 e. The maximum Gasteiger partial charge on any atom is 0.346 e. The van der Waals surface area contributed by atoms with Gasteiger partial charge in [0.2, 0.25) is 0 Å². The Morgan fingerprint density at radius 2 is 1.34 bits per heavy atom. The molecule has 0 saturated heterocycles. The third kappa shape index (κ3) is 2.88. The molecule has 0 unspecified atom stereocenters. The summed E-state index contributed by atoms with van der Waals surface area (Å²) in [6.45, 7) is 0. The molecule has 29 heavy (non-hydrogen) atoms. The molecule has 0 atom stereocenters. The van der Waals surface area contributed by atoms with Crippen molar-refractivity contribution in [2.45, 2.75) is 0 Å². The van der Waals surface area contributed by atoms with Gasteiger partial charge in [0, 0.05) is 23.5 Å². The van der Waals surface area contributed by atoms with Gasteiger partial charge in [0.1, 0.15) is 5.58 Å². The van der Waals surface area contributed by atoms with Gasteiger partial charge in [-0.3, -0.25) is 0 Å². The van der Waals surface area contributed by atoms with Crippen LogP contribution in [-0.2, 0) is 0 Å². The maximum absolute atomic E-state index is 13.2. The van der Waals surface area contributed by atoms with Crippen LogP contribution >= 0.6 is 0 Å². The Morgan fingerprint density at radius 3 is 2.10 bits per heavy atom. The molecule has 140 valence electrons.